The van der Waals surface area contributed by atoms with E-state index >= 15 is 0 Å². The molecular formula is C24H26N4OS. The van der Waals surface area contributed by atoms with Crippen LogP contribution in [-0.4, -0.2) is 26.7 Å². The number of nitrogens with zero attached hydrogens (tertiary/aromatic N) is 3. The number of hydrogen-bond donors (Lipinski definition) is 1. The van der Waals surface area contributed by atoms with Crippen LogP contribution < -0.4 is 5.32 Å². The van der Waals surface area contributed by atoms with Crippen molar-refractivity contribution in [3.05, 3.63) is 77.3 Å². The summed E-state index contributed by atoms with van der Waals surface area (Å²) in [7, 11) is 0. The van der Waals surface area contributed by atoms with Crippen molar-refractivity contribution in [1.82, 2.24) is 20.4 Å². The van der Waals surface area contributed by atoms with Crippen molar-refractivity contribution in [3.8, 4) is 11.4 Å². The Labute approximate surface area is 182 Å². The van der Waals surface area contributed by atoms with Crippen molar-refractivity contribution >= 4 is 22.9 Å². The van der Waals surface area contributed by atoms with Gasteiger partial charge >= 0.3 is 0 Å². The second kappa shape index (κ2) is 8.79. The monoisotopic (exact) mass is 418 g/mol. The van der Waals surface area contributed by atoms with Crippen molar-refractivity contribution in [3.63, 3.8) is 0 Å². The van der Waals surface area contributed by atoms with Gasteiger partial charge in [-0.3, -0.25) is 0 Å². The van der Waals surface area contributed by atoms with Crippen LogP contribution in [0.25, 0.3) is 17.0 Å². The Balaban J connectivity index is 1.80. The number of benzene rings is 2. The molecule has 0 spiro atoms. The number of hydrogen-bond acceptors (Lipinski definition) is 4. The quantitative estimate of drug-likeness (QED) is 0.543. The summed E-state index contributed by atoms with van der Waals surface area (Å²) in [5, 5.41) is 8.47. The van der Waals surface area contributed by atoms with Gasteiger partial charge in [0.15, 0.2) is 5.11 Å². The molecule has 2 aromatic carbocycles. The van der Waals surface area contributed by atoms with Gasteiger partial charge in [-0.2, -0.15) is 4.98 Å². The van der Waals surface area contributed by atoms with Crippen LogP contribution in [0.3, 0.4) is 0 Å². The summed E-state index contributed by atoms with van der Waals surface area (Å²) < 4.78 is 5.76. The van der Waals surface area contributed by atoms with Gasteiger partial charge in [-0.15, -0.1) is 0 Å². The minimum atomic E-state index is -0.138. The zero-order valence-corrected chi connectivity index (χ0v) is 18.4. The second-order valence-corrected chi connectivity index (χ2v) is 7.80. The fourth-order valence-corrected chi connectivity index (χ4v) is 4.13. The molecule has 0 radical (unpaired) electrons. The van der Waals surface area contributed by atoms with Gasteiger partial charge in [0.2, 0.25) is 5.82 Å². The maximum Gasteiger partial charge on any atom is 0.258 e. The summed E-state index contributed by atoms with van der Waals surface area (Å²) in [5.74, 6) is 1.10. The molecule has 30 heavy (non-hydrogen) atoms. The van der Waals surface area contributed by atoms with Gasteiger partial charge in [0.25, 0.3) is 5.89 Å². The maximum atomic E-state index is 5.76. The minimum Gasteiger partial charge on any atom is -0.351 e. The normalized spacial score (nSPS) is 16.7. The van der Waals surface area contributed by atoms with E-state index in [9.17, 15) is 0 Å². The van der Waals surface area contributed by atoms with Crippen LogP contribution in [0.15, 0.2) is 64.8 Å². The van der Waals surface area contributed by atoms with Crippen molar-refractivity contribution in [1.29, 1.82) is 0 Å². The zero-order chi connectivity index (χ0) is 21.1. The molecule has 1 atom stereocenters. The SMILES string of the molecule is CCCN1C(=S)NC(c2ccc(CC)cc2)C(c2nc(-c3ccccc3)no2)=C1C. The lowest BCUT2D eigenvalue weighted by Crippen LogP contribution is -2.46. The molecule has 1 aliphatic heterocycles. The topological polar surface area (TPSA) is 54.2 Å². The van der Waals surface area contributed by atoms with E-state index in [4.69, 9.17) is 21.7 Å². The average Bonchev–Trinajstić information content (AvgIpc) is 3.26. The Morgan fingerprint density at radius 1 is 1.07 bits per heavy atom. The first-order valence-electron chi connectivity index (χ1n) is 10.4. The molecule has 0 saturated heterocycles. The Morgan fingerprint density at radius 2 is 1.80 bits per heavy atom. The fourth-order valence-electron chi connectivity index (χ4n) is 3.78. The minimum absolute atomic E-state index is 0.138. The molecule has 154 valence electrons. The van der Waals surface area contributed by atoms with Crippen LogP contribution in [0.1, 0.15) is 50.3 Å². The summed E-state index contributed by atoms with van der Waals surface area (Å²) in [6.07, 6.45) is 1.99. The van der Waals surface area contributed by atoms with Gasteiger partial charge < -0.3 is 14.7 Å². The van der Waals surface area contributed by atoms with Crippen LogP contribution in [0.4, 0.5) is 0 Å². The third-order valence-electron chi connectivity index (χ3n) is 5.45. The van der Waals surface area contributed by atoms with Gasteiger partial charge in [0, 0.05) is 17.8 Å². The Kier molecular flexibility index (Phi) is 5.95. The third kappa shape index (κ3) is 3.87. The summed E-state index contributed by atoms with van der Waals surface area (Å²) in [6.45, 7) is 7.22. The molecule has 3 aromatic rings. The highest BCUT2D eigenvalue weighted by atomic mass is 32.1. The van der Waals surface area contributed by atoms with Crippen molar-refractivity contribution in [2.24, 2.45) is 0 Å². The molecule has 6 heteroatoms. The third-order valence-corrected chi connectivity index (χ3v) is 5.79. The lowest BCUT2D eigenvalue weighted by atomic mass is 9.94. The zero-order valence-electron chi connectivity index (χ0n) is 17.6. The van der Waals surface area contributed by atoms with Gasteiger partial charge in [0.1, 0.15) is 0 Å². The van der Waals surface area contributed by atoms with Crippen molar-refractivity contribution in [2.75, 3.05) is 6.54 Å². The smallest absolute Gasteiger partial charge is 0.258 e. The van der Waals surface area contributed by atoms with Crippen LogP contribution in [0.5, 0.6) is 0 Å². The molecule has 2 heterocycles. The van der Waals surface area contributed by atoms with Crippen molar-refractivity contribution < 1.29 is 4.52 Å². The van der Waals surface area contributed by atoms with Gasteiger partial charge in [-0.05, 0) is 43.1 Å². The number of aromatic nitrogens is 2. The number of thiocarbonyl (C=S) groups is 1. The van der Waals surface area contributed by atoms with Gasteiger partial charge in [-0.1, -0.05) is 73.6 Å². The molecule has 0 aliphatic carbocycles. The number of rotatable bonds is 6. The first-order valence-corrected chi connectivity index (χ1v) is 10.8. The lowest BCUT2D eigenvalue weighted by molar-refractivity contribution is 0.396. The Morgan fingerprint density at radius 3 is 2.47 bits per heavy atom. The summed E-state index contributed by atoms with van der Waals surface area (Å²) in [6, 6.07) is 18.4. The number of allylic oxidation sites excluding steroid dienone is 1. The van der Waals surface area contributed by atoms with E-state index in [0.29, 0.717) is 11.7 Å². The van der Waals surface area contributed by atoms with Gasteiger partial charge in [-0.25, -0.2) is 0 Å². The van der Waals surface area contributed by atoms with Crippen LogP contribution in [0.2, 0.25) is 0 Å². The molecule has 1 unspecified atom stereocenters. The predicted octanol–water partition coefficient (Wildman–Crippen LogP) is 5.37. The molecule has 0 amide bonds. The molecular weight excluding hydrogens is 392 g/mol. The number of nitrogens with one attached hydrogen (secondary N) is 1. The van der Waals surface area contributed by atoms with Crippen LogP contribution in [-0.2, 0) is 6.42 Å². The Hall–Kier alpha value is -2.99. The molecule has 0 saturated carbocycles. The second-order valence-electron chi connectivity index (χ2n) is 7.42. The van der Waals surface area contributed by atoms with Gasteiger partial charge in [0.05, 0.1) is 11.6 Å². The van der Waals surface area contributed by atoms with E-state index in [1.54, 1.807) is 0 Å². The van der Waals surface area contributed by atoms with E-state index < -0.39 is 0 Å². The molecule has 1 aliphatic rings. The van der Waals surface area contributed by atoms with E-state index in [2.05, 4.69) is 60.4 Å². The summed E-state index contributed by atoms with van der Waals surface area (Å²) in [4.78, 5) is 6.86. The average molecular weight is 419 g/mol. The highest BCUT2D eigenvalue weighted by Gasteiger charge is 2.33. The fraction of sp³-hybridized carbons (Fsp3) is 0.292. The summed E-state index contributed by atoms with van der Waals surface area (Å²) in [5.41, 5.74) is 5.37. The van der Waals surface area contributed by atoms with Crippen LogP contribution in [0, 0.1) is 0 Å². The predicted molar refractivity (Wildman–Crippen MR) is 124 cm³/mol. The Bertz CT molecular complexity index is 1060. The van der Waals surface area contributed by atoms with Crippen molar-refractivity contribution in [2.45, 2.75) is 39.7 Å². The molecule has 4 rings (SSSR count). The van der Waals surface area contributed by atoms with E-state index in [-0.39, 0.29) is 6.04 Å². The highest BCUT2D eigenvalue weighted by Crippen LogP contribution is 2.37. The van der Waals surface area contributed by atoms with E-state index in [1.807, 2.05) is 30.3 Å². The molecule has 0 bridgehead atoms. The highest BCUT2D eigenvalue weighted by molar-refractivity contribution is 7.80. The van der Waals surface area contributed by atoms with Crippen LogP contribution >= 0.6 is 12.2 Å². The first kappa shape index (κ1) is 20.3. The standard InChI is InChI=1S/C24H26N4OS/c1-4-15-28-16(3)20(23-26-22(27-29-23)19-9-7-6-8-10-19)21(25-24(28)30)18-13-11-17(5-2)12-14-18/h6-14,21H,4-5,15H2,1-3H3,(H,25,30). The van der Waals surface area contributed by atoms with E-state index in [0.717, 1.165) is 46.9 Å². The lowest BCUT2D eigenvalue weighted by Gasteiger charge is -2.37. The number of aryl methyl sites for hydroxylation is 1. The molecule has 5 nitrogen and oxygen atoms in total. The molecule has 1 N–H and O–H groups in total. The largest absolute Gasteiger partial charge is 0.351 e. The molecule has 0 fully saturated rings. The first-order chi connectivity index (χ1) is 14.6. The summed E-state index contributed by atoms with van der Waals surface area (Å²) >= 11 is 5.69. The van der Waals surface area contributed by atoms with E-state index in [1.165, 1.54) is 5.56 Å². The maximum absolute atomic E-state index is 5.76. The molecule has 1 aromatic heterocycles.